The van der Waals surface area contributed by atoms with Crippen molar-refractivity contribution < 1.29 is 4.79 Å². The second-order valence-electron chi connectivity index (χ2n) is 5.18. The van der Waals surface area contributed by atoms with Gasteiger partial charge in [0.25, 0.3) is 5.91 Å². The molecule has 0 saturated heterocycles. The van der Waals surface area contributed by atoms with Gasteiger partial charge in [0.1, 0.15) is 6.33 Å². The van der Waals surface area contributed by atoms with Crippen LogP contribution < -0.4 is 0 Å². The topological polar surface area (TPSA) is 63.9 Å². The molecule has 0 unspecified atom stereocenters. The van der Waals surface area contributed by atoms with Crippen LogP contribution in [0.25, 0.3) is 5.69 Å². The zero-order valence-corrected chi connectivity index (χ0v) is 14.2. The van der Waals surface area contributed by atoms with Gasteiger partial charge in [-0.2, -0.15) is 0 Å². The van der Waals surface area contributed by atoms with Crippen LogP contribution in [-0.4, -0.2) is 38.1 Å². The Kier molecular flexibility index (Phi) is 4.78. The fraction of sp³-hybridized carbons (Fsp3) is 0.125. The average Bonchev–Trinajstić information content (AvgIpc) is 3.13. The van der Waals surface area contributed by atoms with Crippen LogP contribution in [0.5, 0.6) is 0 Å². The van der Waals surface area contributed by atoms with Crippen LogP contribution in [0.2, 0.25) is 10.0 Å². The first-order chi connectivity index (χ1) is 11.6. The van der Waals surface area contributed by atoms with Crippen molar-refractivity contribution in [2.75, 3.05) is 7.05 Å². The molecule has 24 heavy (non-hydrogen) atoms. The van der Waals surface area contributed by atoms with Crippen LogP contribution in [0.3, 0.4) is 0 Å². The van der Waals surface area contributed by atoms with Crippen LogP contribution in [0, 0.1) is 0 Å². The van der Waals surface area contributed by atoms with Crippen LogP contribution in [-0.2, 0) is 6.54 Å². The summed E-state index contributed by atoms with van der Waals surface area (Å²) in [5, 5.41) is 11.9. The Bertz CT molecular complexity index is 867. The molecule has 0 aliphatic carbocycles. The predicted molar refractivity (Wildman–Crippen MR) is 91.4 cm³/mol. The molecule has 3 rings (SSSR count). The molecule has 2 aromatic carbocycles. The molecule has 0 bridgehead atoms. The first-order valence-electron chi connectivity index (χ1n) is 7.08. The SMILES string of the molecule is CN(Cc1cccc(Cl)c1Cl)C(=O)c1cccc(-n2cnnn2)c1. The fourth-order valence-corrected chi connectivity index (χ4v) is 2.66. The molecule has 6 nitrogen and oxygen atoms in total. The minimum atomic E-state index is -0.138. The Balaban J connectivity index is 1.81. The number of carbonyl (C=O) groups excluding carboxylic acids is 1. The summed E-state index contributed by atoms with van der Waals surface area (Å²) in [7, 11) is 1.71. The largest absolute Gasteiger partial charge is 0.337 e. The Morgan fingerprint density at radius 3 is 2.75 bits per heavy atom. The maximum atomic E-state index is 12.7. The molecule has 0 saturated carbocycles. The lowest BCUT2D eigenvalue weighted by molar-refractivity contribution is 0.0785. The van der Waals surface area contributed by atoms with Crippen molar-refractivity contribution in [2.45, 2.75) is 6.54 Å². The van der Waals surface area contributed by atoms with E-state index in [2.05, 4.69) is 15.5 Å². The number of hydrogen-bond acceptors (Lipinski definition) is 4. The van der Waals surface area contributed by atoms with Gasteiger partial charge in [-0.3, -0.25) is 4.79 Å². The van der Waals surface area contributed by atoms with Gasteiger partial charge >= 0.3 is 0 Å². The van der Waals surface area contributed by atoms with E-state index >= 15 is 0 Å². The zero-order chi connectivity index (χ0) is 17.1. The van der Waals surface area contributed by atoms with E-state index in [0.717, 1.165) is 5.56 Å². The van der Waals surface area contributed by atoms with E-state index in [9.17, 15) is 4.79 Å². The van der Waals surface area contributed by atoms with Crippen molar-refractivity contribution in [2.24, 2.45) is 0 Å². The molecular formula is C16H13Cl2N5O. The van der Waals surface area contributed by atoms with Gasteiger partial charge in [-0.25, -0.2) is 4.68 Å². The molecule has 1 amide bonds. The lowest BCUT2D eigenvalue weighted by Crippen LogP contribution is -2.26. The maximum Gasteiger partial charge on any atom is 0.253 e. The van der Waals surface area contributed by atoms with Gasteiger partial charge in [0, 0.05) is 19.2 Å². The summed E-state index contributed by atoms with van der Waals surface area (Å²) in [6.07, 6.45) is 1.47. The monoisotopic (exact) mass is 361 g/mol. The minimum Gasteiger partial charge on any atom is -0.337 e. The number of halogens is 2. The normalized spacial score (nSPS) is 10.6. The second kappa shape index (κ2) is 6.98. The standard InChI is InChI=1S/C16H13Cl2N5O/c1-22(9-12-5-3-7-14(17)15(12)18)16(24)11-4-2-6-13(8-11)23-10-19-20-21-23/h2-8,10H,9H2,1H3. The van der Waals surface area contributed by atoms with E-state index in [1.54, 1.807) is 42.3 Å². The minimum absolute atomic E-state index is 0.138. The van der Waals surface area contributed by atoms with Gasteiger partial charge < -0.3 is 4.90 Å². The molecule has 0 radical (unpaired) electrons. The van der Waals surface area contributed by atoms with Gasteiger partial charge in [-0.15, -0.1) is 5.10 Å². The number of hydrogen-bond donors (Lipinski definition) is 0. The zero-order valence-electron chi connectivity index (χ0n) is 12.7. The Hall–Kier alpha value is -2.44. The van der Waals surface area contributed by atoms with E-state index in [-0.39, 0.29) is 5.91 Å². The average molecular weight is 362 g/mol. The third-order valence-corrected chi connectivity index (χ3v) is 4.35. The summed E-state index contributed by atoms with van der Waals surface area (Å²) in [5.74, 6) is -0.138. The number of benzene rings is 2. The third-order valence-electron chi connectivity index (χ3n) is 3.49. The summed E-state index contributed by atoms with van der Waals surface area (Å²) in [6, 6.07) is 12.4. The first-order valence-corrected chi connectivity index (χ1v) is 7.83. The molecule has 0 atom stereocenters. The molecule has 122 valence electrons. The summed E-state index contributed by atoms with van der Waals surface area (Å²) >= 11 is 12.2. The van der Waals surface area contributed by atoms with Gasteiger partial charge in [0.2, 0.25) is 0 Å². The molecule has 8 heteroatoms. The highest BCUT2D eigenvalue weighted by atomic mass is 35.5. The van der Waals surface area contributed by atoms with Gasteiger partial charge in [0.05, 0.1) is 15.7 Å². The smallest absolute Gasteiger partial charge is 0.253 e. The summed E-state index contributed by atoms with van der Waals surface area (Å²) in [4.78, 5) is 14.2. The lowest BCUT2D eigenvalue weighted by Gasteiger charge is -2.18. The molecule has 0 aliphatic rings. The predicted octanol–water partition coefficient (Wildman–Crippen LogP) is 3.24. The number of nitrogens with zero attached hydrogens (tertiary/aromatic N) is 5. The van der Waals surface area contributed by atoms with Gasteiger partial charge in [-0.05, 0) is 40.3 Å². The van der Waals surface area contributed by atoms with E-state index < -0.39 is 0 Å². The van der Waals surface area contributed by atoms with E-state index in [4.69, 9.17) is 23.2 Å². The fourth-order valence-electron chi connectivity index (χ4n) is 2.28. The van der Waals surface area contributed by atoms with Crippen molar-refractivity contribution in [3.05, 3.63) is 70.0 Å². The van der Waals surface area contributed by atoms with Gasteiger partial charge in [0.15, 0.2) is 0 Å². The lowest BCUT2D eigenvalue weighted by atomic mass is 10.1. The van der Waals surface area contributed by atoms with Crippen LogP contribution >= 0.6 is 23.2 Å². The van der Waals surface area contributed by atoms with Crippen molar-refractivity contribution in [3.8, 4) is 5.69 Å². The van der Waals surface area contributed by atoms with Crippen molar-refractivity contribution in [1.29, 1.82) is 0 Å². The molecule has 0 spiro atoms. The summed E-state index contributed by atoms with van der Waals surface area (Å²) in [5.41, 5.74) is 2.03. The number of rotatable bonds is 4. The Morgan fingerprint density at radius 1 is 1.21 bits per heavy atom. The highest BCUT2D eigenvalue weighted by Crippen LogP contribution is 2.26. The molecule has 0 aliphatic heterocycles. The highest BCUT2D eigenvalue weighted by Gasteiger charge is 2.15. The van der Waals surface area contributed by atoms with E-state index in [1.165, 1.54) is 11.0 Å². The number of aromatic nitrogens is 4. The molecule has 1 heterocycles. The molecule has 3 aromatic rings. The quantitative estimate of drug-likeness (QED) is 0.715. The highest BCUT2D eigenvalue weighted by molar-refractivity contribution is 6.42. The van der Waals surface area contributed by atoms with Crippen LogP contribution in [0.4, 0.5) is 0 Å². The molecule has 0 N–H and O–H groups in total. The van der Waals surface area contributed by atoms with Crippen LogP contribution in [0.1, 0.15) is 15.9 Å². The van der Waals surface area contributed by atoms with Crippen molar-refractivity contribution >= 4 is 29.1 Å². The number of tetrazole rings is 1. The Morgan fingerprint density at radius 2 is 2.00 bits per heavy atom. The van der Waals surface area contributed by atoms with Gasteiger partial charge in [-0.1, -0.05) is 41.4 Å². The maximum absolute atomic E-state index is 12.7. The number of carbonyl (C=O) groups is 1. The Labute approximate surface area is 148 Å². The van der Waals surface area contributed by atoms with E-state index in [0.29, 0.717) is 27.8 Å². The molecule has 1 aromatic heterocycles. The summed E-state index contributed by atoms with van der Waals surface area (Å²) < 4.78 is 1.49. The first kappa shape index (κ1) is 16.4. The van der Waals surface area contributed by atoms with Crippen molar-refractivity contribution in [3.63, 3.8) is 0 Å². The van der Waals surface area contributed by atoms with Crippen molar-refractivity contribution in [1.82, 2.24) is 25.1 Å². The molecular weight excluding hydrogens is 349 g/mol. The third kappa shape index (κ3) is 3.39. The van der Waals surface area contributed by atoms with E-state index in [1.807, 2.05) is 12.1 Å². The van der Waals surface area contributed by atoms with Crippen LogP contribution in [0.15, 0.2) is 48.8 Å². The second-order valence-corrected chi connectivity index (χ2v) is 5.96. The number of amides is 1. The molecule has 0 fully saturated rings. The summed E-state index contributed by atoms with van der Waals surface area (Å²) in [6.45, 7) is 0.354.